The van der Waals surface area contributed by atoms with Crippen molar-refractivity contribution in [2.24, 2.45) is 0 Å². The van der Waals surface area contributed by atoms with Gasteiger partial charge in [-0.05, 0) is 36.4 Å². The third kappa shape index (κ3) is 4.86. The Morgan fingerprint density at radius 3 is 2.39 bits per heavy atom. The van der Waals surface area contributed by atoms with Crippen molar-refractivity contribution in [1.82, 2.24) is 4.98 Å². The second kappa shape index (κ2) is 9.01. The Balaban J connectivity index is 1.82. The van der Waals surface area contributed by atoms with E-state index in [2.05, 4.69) is 10.3 Å². The molecule has 0 fully saturated rings. The van der Waals surface area contributed by atoms with Crippen molar-refractivity contribution in [2.75, 3.05) is 12.4 Å². The number of rotatable bonds is 6. The van der Waals surface area contributed by atoms with Gasteiger partial charge < -0.3 is 14.8 Å². The van der Waals surface area contributed by atoms with Crippen LogP contribution in [0.15, 0.2) is 72.9 Å². The minimum Gasteiger partial charge on any atom is -0.497 e. The summed E-state index contributed by atoms with van der Waals surface area (Å²) in [6, 6.07) is 18.5. The lowest BCUT2D eigenvalue weighted by Gasteiger charge is -2.18. The Morgan fingerprint density at radius 2 is 1.75 bits per heavy atom. The van der Waals surface area contributed by atoms with E-state index in [1.165, 1.54) is 18.3 Å². The van der Waals surface area contributed by atoms with Gasteiger partial charge in [-0.25, -0.2) is 9.78 Å². The molecule has 0 spiro atoms. The van der Waals surface area contributed by atoms with Gasteiger partial charge in [-0.2, -0.15) is 0 Å². The number of nitrogens with zero attached hydrogens (tertiary/aromatic N) is 1. The molecule has 6 nitrogen and oxygen atoms in total. The van der Waals surface area contributed by atoms with Gasteiger partial charge in [0.25, 0.3) is 5.91 Å². The molecule has 1 amide bonds. The highest BCUT2D eigenvalue weighted by molar-refractivity contribution is 6.29. The zero-order chi connectivity index (χ0) is 19.9. The van der Waals surface area contributed by atoms with Gasteiger partial charge in [-0.3, -0.25) is 4.79 Å². The molecule has 0 aliphatic rings. The second-order valence-corrected chi connectivity index (χ2v) is 6.17. The summed E-state index contributed by atoms with van der Waals surface area (Å²) in [6.45, 7) is 0. The van der Waals surface area contributed by atoms with E-state index in [9.17, 15) is 9.59 Å². The number of aromatic nitrogens is 1. The van der Waals surface area contributed by atoms with Crippen LogP contribution in [0, 0.1) is 0 Å². The lowest BCUT2D eigenvalue weighted by molar-refractivity contribution is -0.125. The summed E-state index contributed by atoms with van der Waals surface area (Å²) < 4.78 is 10.6. The molecule has 0 bridgehead atoms. The molecule has 0 saturated carbocycles. The van der Waals surface area contributed by atoms with Crippen molar-refractivity contribution in [3.63, 3.8) is 0 Å². The number of methoxy groups -OCH3 is 1. The Labute approximate surface area is 167 Å². The number of esters is 1. The smallest absolute Gasteiger partial charge is 0.339 e. The highest BCUT2D eigenvalue weighted by Crippen LogP contribution is 2.23. The van der Waals surface area contributed by atoms with Gasteiger partial charge in [0.15, 0.2) is 0 Å². The Kier molecular flexibility index (Phi) is 6.24. The third-order valence-electron chi connectivity index (χ3n) is 3.89. The molecule has 3 rings (SSSR count). The Bertz CT molecular complexity index is 962. The molecule has 1 atom stereocenters. The molecule has 1 heterocycles. The molecule has 7 heteroatoms. The number of hydrogen-bond donors (Lipinski definition) is 1. The van der Waals surface area contributed by atoms with Crippen LogP contribution in [0.1, 0.15) is 22.0 Å². The van der Waals surface area contributed by atoms with E-state index in [-0.39, 0.29) is 10.7 Å². The van der Waals surface area contributed by atoms with Crippen LogP contribution in [0.4, 0.5) is 5.69 Å². The fourth-order valence-corrected chi connectivity index (χ4v) is 2.66. The van der Waals surface area contributed by atoms with Crippen molar-refractivity contribution in [2.45, 2.75) is 6.10 Å². The van der Waals surface area contributed by atoms with E-state index in [4.69, 9.17) is 21.1 Å². The van der Waals surface area contributed by atoms with E-state index in [1.807, 2.05) is 6.07 Å². The first-order valence-corrected chi connectivity index (χ1v) is 8.77. The quantitative estimate of drug-likeness (QED) is 0.497. The van der Waals surface area contributed by atoms with E-state index >= 15 is 0 Å². The van der Waals surface area contributed by atoms with Crippen molar-refractivity contribution >= 4 is 29.2 Å². The third-order valence-corrected chi connectivity index (χ3v) is 4.09. The van der Waals surface area contributed by atoms with Crippen LogP contribution in [0.2, 0.25) is 5.15 Å². The molecule has 0 radical (unpaired) electrons. The standard InChI is InChI=1S/C21H17ClN2O4/c1-27-17-9-7-16(8-10-17)24-20(25)19(14-5-3-2-4-6-14)28-21(26)15-11-12-23-18(22)13-15/h2-13,19H,1H3,(H,24,25). The number of amides is 1. The van der Waals surface area contributed by atoms with Crippen LogP contribution in [0.25, 0.3) is 0 Å². The van der Waals surface area contributed by atoms with Gasteiger partial charge in [0, 0.05) is 17.4 Å². The predicted octanol–water partition coefficient (Wildman–Crippen LogP) is 4.28. The number of anilines is 1. The SMILES string of the molecule is COc1ccc(NC(=O)C(OC(=O)c2ccnc(Cl)c2)c2ccccc2)cc1. The van der Waals surface area contributed by atoms with E-state index in [0.29, 0.717) is 17.0 Å². The highest BCUT2D eigenvalue weighted by Gasteiger charge is 2.26. The molecule has 1 aromatic heterocycles. The van der Waals surface area contributed by atoms with E-state index in [1.54, 1.807) is 55.6 Å². The lowest BCUT2D eigenvalue weighted by atomic mass is 10.1. The highest BCUT2D eigenvalue weighted by atomic mass is 35.5. The molecule has 142 valence electrons. The van der Waals surface area contributed by atoms with Crippen LogP contribution in [0.3, 0.4) is 0 Å². The summed E-state index contributed by atoms with van der Waals surface area (Å²) in [5, 5.41) is 2.91. The summed E-state index contributed by atoms with van der Waals surface area (Å²) in [4.78, 5) is 29.2. The number of halogens is 1. The molecule has 0 aliphatic carbocycles. The number of hydrogen-bond acceptors (Lipinski definition) is 5. The van der Waals surface area contributed by atoms with E-state index in [0.717, 1.165) is 0 Å². The molecule has 0 saturated heterocycles. The summed E-state index contributed by atoms with van der Waals surface area (Å²) >= 11 is 5.83. The number of pyridine rings is 1. The number of carbonyl (C=O) groups excluding carboxylic acids is 2. The Hall–Kier alpha value is -3.38. The number of nitrogens with one attached hydrogen (secondary N) is 1. The maximum Gasteiger partial charge on any atom is 0.339 e. The van der Waals surface area contributed by atoms with Crippen LogP contribution in [0.5, 0.6) is 5.75 Å². The summed E-state index contributed by atoms with van der Waals surface area (Å²) in [5.74, 6) is -0.494. The Morgan fingerprint density at radius 1 is 1.04 bits per heavy atom. The summed E-state index contributed by atoms with van der Waals surface area (Å²) in [6.07, 6.45) is 0.260. The molecule has 0 aliphatic heterocycles. The number of carbonyl (C=O) groups is 2. The largest absolute Gasteiger partial charge is 0.497 e. The maximum absolute atomic E-state index is 12.8. The minimum atomic E-state index is -1.14. The number of benzene rings is 2. The predicted molar refractivity (Wildman–Crippen MR) is 105 cm³/mol. The molecule has 1 N–H and O–H groups in total. The zero-order valence-electron chi connectivity index (χ0n) is 15.0. The van der Waals surface area contributed by atoms with Crippen molar-refractivity contribution < 1.29 is 19.1 Å². The lowest BCUT2D eigenvalue weighted by Crippen LogP contribution is -2.26. The van der Waals surface area contributed by atoms with Crippen LogP contribution in [-0.4, -0.2) is 24.0 Å². The second-order valence-electron chi connectivity index (χ2n) is 5.78. The normalized spacial score (nSPS) is 11.4. The average Bonchev–Trinajstić information content (AvgIpc) is 2.73. The van der Waals surface area contributed by atoms with Crippen molar-refractivity contribution in [1.29, 1.82) is 0 Å². The average molecular weight is 397 g/mol. The van der Waals surface area contributed by atoms with Gasteiger partial charge in [0.05, 0.1) is 12.7 Å². The zero-order valence-corrected chi connectivity index (χ0v) is 15.7. The molecule has 2 aromatic carbocycles. The summed E-state index contributed by atoms with van der Waals surface area (Å²) in [7, 11) is 1.56. The number of ether oxygens (including phenoxy) is 2. The topological polar surface area (TPSA) is 77.5 Å². The molecule has 3 aromatic rings. The monoisotopic (exact) mass is 396 g/mol. The molecular weight excluding hydrogens is 380 g/mol. The summed E-state index contributed by atoms with van der Waals surface area (Å²) in [5.41, 5.74) is 1.30. The first-order valence-electron chi connectivity index (χ1n) is 8.39. The maximum atomic E-state index is 12.8. The first-order chi connectivity index (χ1) is 13.6. The minimum absolute atomic E-state index is 0.161. The fourth-order valence-electron chi connectivity index (χ4n) is 2.49. The van der Waals surface area contributed by atoms with Crippen molar-refractivity contribution in [3.05, 3.63) is 89.2 Å². The first kappa shape index (κ1) is 19.4. The van der Waals surface area contributed by atoms with Gasteiger partial charge >= 0.3 is 5.97 Å². The van der Waals surface area contributed by atoms with Gasteiger partial charge in [-0.15, -0.1) is 0 Å². The van der Waals surface area contributed by atoms with Gasteiger partial charge in [-0.1, -0.05) is 41.9 Å². The van der Waals surface area contributed by atoms with Gasteiger partial charge in [0.1, 0.15) is 10.9 Å². The molecule has 1 unspecified atom stereocenters. The van der Waals surface area contributed by atoms with E-state index < -0.39 is 18.0 Å². The molecule has 28 heavy (non-hydrogen) atoms. The fraction of sp³-hybridized carbons (Fsp3) is 0.0952. The van der Waals surface area contributed by atoms with Crippen molar-refractivity contribution in [3.8, 4) is 5.75 Å². The molecular formula is C21H17ClN2O4. The van der Waals surface area contributed by atoms with Crippen LogP contribution >= 0.6 is 11.6 Å². The van der Waals surface area contributed by atoms with Crippen LogP contribution < -0.4 is 10.1 Å². The van der Waals surface area contributed by atoms with Crippen LogP contribution in [-0.2, 0) is 9.53 Å². The van der Waals surface area contributed by atoms with Gasteiger partial charge in [0.2, 0.25) is 6.10 Å².